The van der Waals surface area contributed by atoms with Crippen LogP contribution in [0.4, 0.5) is 10.5 Å². The molecular formula is C21H24N3O4PS2. The number of nitrogens with one attached hydrogen (secondary N) is 1. The minimum absolute atomic E-state index is 0.213. The molecule has 0 aliphatic heterocycles. The van der Waals surface area contributed by atoms with Gasteiger partial charge in [0.2, 0.25) is 0 Å². The van der Waals surface area contributed by atoms with Crippen LogP contribution in [0.5, 0.6) is 5.75 Å². The van der Waals surface area contributed by atoms with Crippen LogP contribution in [-0.4, -0.2) is 30.2 Å². The fourth-order valence-electron chi connectivity index (χ4n) is 2.76. The molecule has 1 N–H and O–H groups in total. The number of anilines is 1. The van der Waals surface area contributed by atoms with E-state index in [-0.39, 0.29) is 5.88 Å². The van der Waals surface area contributed by atoms with Gasteiger partial charge in [-0.25, -0.2) is 8.87 Å². The van der Waals surface area contributed by atoms with E-state index in [4.69, 9.17) is 25.6 Å². The molecule has 0 aliphatic carbocycles. The molecule has 0 fully saturated rings. The number of para-hydroxylation sites is 2. The SMILES string of the molecule is CCOP(=S)(OCC)N(SCNC(=O)Oc1cccc2cccnc12)c1ccccc1. The van der Waals surface area contributed by atoms with E-state index < -0.39 is 12.7 Å². The van der Waals surface area contributed by atoms with Gasteiger partial charge in [0.05, 0.1) is 24.8 Å². The second-order valence-electron chi connectivity index (χ2n) is 6.08. The Balaban J connectivity index is 1.68. The molecule has 3 aromatic rings. The topological polar surface area (TPSA) is 72.9 Å². The molecule has 0 radical (unpaired) electrons. The third-order valence-corrected chi connectivity index (χ3v) is 8.98. The summed E-state index contributed by atoms with van der Waals surface area (Å²) in [5.74, 6) is 0.610. The summed E-state index contributed by atoms with van der Waals surface area (Å²) in [4.78, 5) is 16.7. The van der Waals surface area contributed by atoms with Crippen molar-refractivity contribution in [3.05, 3.63) is 66.9 Å². The first-order valence-electron chi connectivity index (χ1n) is 9.74. The Kier molecular flexibility index (Phi) is 8.69. The fourth-order valence-corrected chi connectivity index (χ4v) is 7.05. The van der Waals surface area contributed by atoms with E-state index in [9.17, 15) is 4.79 Å². The number of pyridine rings is 1. The number of benzene rings is 2. The summed E-state index contributed by atoms with van der Waals surface area (Å²) < 4.78 is 19.0. The first kappa shape index (κ1) is 23.5. The highest BCUT2D eigenvalue weighted by atomic mass is 32.5. The molecule has 164 valence electrons. The minimum atomic E-state index is -2.78. The van der Waals surface area contributed by atoms with Crippen LogP contribution in [0.3, 0.4) is 0 Å². The van der Waals surface area contributed by atoms with Gasteiger partial charge in [-0.15, -0.1) is 0 Å². The second-order valence-corrected chi connectivity index (χ2v) is 10.5. The van der Waals surface area contributed by atoms with Crippen molar-refractivity contribution in [3.8, 4) is 5.75 Å². The average molecular weight is 478 g/mol. The Labute approximate surface area is 191 Å². The van der Waals surface area contributed by atoms with Crippen LogP contribution in [0.15, 0.2) is 66.9 Å². The molecule has 0 bridgehead atoms. The van der Waals surface area contributed by atoms with Gasteiger partial charge in [-0.05, 0) is 61.9 Å². The number of rotatable bonds is 10. The van der Waals surface area contributed by atoms with Gasteiger partial charge in [0.1, 0.15) is 5.52 Å². The lowest BCUT2D eigenvalue weighted by molar-refractivity contribution is 0.203. The summed E-state index contributed by atoms with van der Waals surface area (Å²) in [5, 5.41) is 3.64. The smallest absolute Gasteiger partial charge is 0.408 e. The molecule has 0 saturated heterocycles. The number of nitrogens with zero attached hydrogens (tertiary/aromatic N) is 2. The first-order valence-corrected chi connectivity index (χ1v) is 13.3. The van der Waals surface area contributed by atoms with Gasteiger partial charge in [0.15, 0.2) is 5.75 Å². The summed E-state index contributed by atoms with van der Waals surface area (Å²) in [6.45, 7) is 1.81. The Morgan fingerprint density at radius 1 is 1.06 bits per heavy atom. The molecule has 0 aliphatic rings. The number of hydrogen-bond acceptors (Lipinski definition) is 7. The second kappa shape index (κ2) is 11.5. The number of amides is 1. The summed E-state index contributed by atoms with van der Waals surface area (Å²) in [6, 6.07) is 18.8. The molecule has 31 heavy (non-hydrogen) atoms. The van der Waals surface area contributed by atoms with Gasteiger partial charge in [-0.2, -0.15) is 0 Å². The molecule has 1 amide bonds. The number of carbonyl (C=O) groups is 1. The largest absolute Gasteiger partial charge is 0.413 e. The molecule has 0 unspecified atom stereocenters. The number of ether oxygens (including phenoxy) is 1. The lowest BCUT2D eigenvalue weighted by Crippen LogP contribution is -2.29. The zero-order valence-electron chi connectivity index (χ0n) is 17.3. The number of fused-ring (bicyclic) bond motifs is 1. The molecule has 0 atom stereocenters. The van der Waals surface area contributed by atoms with Gasteiger partial charge in [-0.3, -0.25) is 4.98 Å². The van der Waals surface area contributed by atoms with Crippen LogP contribution in [-0.2, 0) is 20.9 Å². The monoisotopic (exact) mass is 477 g/mol. The quantitative estimate of drug-likeness (QED) is 0.225. The molecule has 7 nitrogen and oxygen atoms in total. The third-order valence-electron chi connectivity index (χ3n) is 3.99. The van der Waals surface area contributed by atoms with E-state index in [0.29, 0.717) is 24.5 Å². The van der Waals surface area contributed by atoms with Gasteiger partial charge in [0, 0.05) is 11.6 Å². The predicted molar refractivity (Wildman–Crippen MR) is 130 cm³/mol. The van der Waals surface area contributed by atoms with Gasteiger partial charge >= 0.3 is 6.09 Å². The Morgan fingerprint density at radius 3 is 2.48 bits per heavy atom. The van der Waals surface area contributed by atoms with Crippen molar-refractivity contribution in [2.75, 3.05) is 23.2 Å². The number of aromatic nitrogens is 1. The summed E-state index contributed by atoms with van der Waals surface area (Å²) >= 11 is 7.07. The summed E-state index contributed by atoms with van der Waals surface area (Å²) in [7, 11) is 0. The zero-order chi connectivity index (χ0) is 22.1. The van der Waals surface area contributed by atoms with E-state index in [0.717, 1.165) is 11.1 Å². The molecule has 10 heteroatoms. The zero-order valence-corrected chi connectivity index (χ0v) is 19.8. The number of hydrogen-bond donors (Lipinski definition) is 1. The highest BCUT2D eigenvalue weighted by Crippen LogP contribution is 2.57. The van der Waals surface area contributed by atoms with Crippen molar-refractivity contribution in [2.24, 2.45) is 0 Å². The molecule has 1 aromatic heterocycles. The number of carbonyl (C=O) groups excluding carboxylic acids is 1. The van der Waals surface area contributed by atoms with E-state index in [1.807, 2.05) is 72.5 Å². The molecule has 0 spiro atoms. The Morgan fingerprint density at radius 2 is 1.77 bits per heavy atom. The molecule has 0 saturated carbocycles. The average Bonchev–Trinajstić information content (AvgIpc) is 2.78. The van der Waals surface area contributed by atoms with E-state index in [1.54, 1.807) is 12.3 Å². The molecule has 2 aromatic carbocycles. The Hall–Kier alpha value is -2.16. The van der Waals surface area contributed by atoms with Crippen molar-refractivity contribution in [3.63, 3.8) is 0 Å². The van der Waals surface area contributed by atoms with Crippen LogP contribution in [0.1, 0.15) is 13.8 Å². The highest BCUT2D eigenvalue weighted by Gasteiger charge is 2.29. The van der Waals surface area contributed by atoms with E-state index in [2.05, 4.69) is 10.3 Å². The molecule has 3 rings (SSSR count). The van der Waals surface area contributed by atoms with Crippen LogP contribution >= 0.6 is 18.6 Å². The van der Waals surface area contributed by atoms with Crippen molar-refractivity contribution in [2.45, 2.75) is 13.8 Å². The normalized spacial score (nSPS) is 11.3. The lowest BCUT2D eigenvalue weighted by atomic mass is 10.2. The molecule has 1 heterocycles. The van der Waals surface area contributed by atoms with Crippen molar-refractivity contribution >= 4 is 53.1 Å². The van der Waals surface area contributed by atoms with E-state index in [1.165, 1.54) is 11.9 Å². The van der Waals surface area contributed by atoms with Crippen LogP contribution in [0, 0.1) is 0 Å². The summed E-state index contributed by atoms with van der Waals surface area (Å²) in [5.41, 5.74) is 1.47. The highest BCUT2D eigenvalue weighted by molar-refractivity contribution is 8.19. The van der Waals surface area contributed by atoms with Crippen LogP contribution in [0.25, 0.3) is 10.9 Å². The predicted octanol–water partition coefficient (Wildman–Crippen LogP) is 5.73. The van der Waals surface area contributed by atoms with E-state index >= 15 is 0 Å². The van der Waals surface area contributed by atoms with Crippen molar-refractivity contribution < 1.29 is 18.6 Å². The van der Waals surface area contributed by atoms with Crippen molar-refractivity contribution in [1.82, 2.24) is 10.3 Å². The molecular weight excluding hydrogens is 453 g/mol. The van der Waals surface area contributed by atoms with Crippen LogP contribution < -0.4 is 14.1 Å². The standard InChI is InChI=1S/C21H24N3O4PS2/c1-3-26-29(30,27-4-2)24(18-12-6-5-7-13-18)31-16-23-21(25)28-19-14-8-10-17-11-9-15-22-20(17)19/h5-15H,3-4,16H2,1-2H3,(H,23,25). The summed E-state index contributed by atoms with van der Waals surface area (Å²) in [6.07, 6.45) is 1.08. The van der Waals surface area contributed by atoms with Crippen LogP contribution in [0.2, 0.25) is 0 Å². The van der Waals surface area contributed by atoms with Gasteiger partial charge < -0.3 is 19.1 Å². The maximum atomic E-state index is 12.4. The van der Waals surface area contributed by atoms with Gasteiger partial charge in [0.25, 0.3) is 6.64 Å². The minimum Gasteiger partial charge on any atom is -0.408 e. The third kappa shape index (κ3) is 6.18. The lowest BCUT2D eigenvalue weighted by Gasteiger charge is -2.33. The maximum Gasteiger partial charge on any atom is 0.413 e. The first-order chi connectivity index (χ1) is 15.1. The fraction of sp³-hybridized carbons (Fsp3) is 0.238. The maximum absolute atomic E-state index is 12.4. The Bertz CT molecular complexity index is 1040. The van der Waals surface area contributed by atoms with Crippen molar-refractivity contribution in [1.29, 1.82) is 0 Å². The van der Waals surface area contributed by atoms with Gasteiger partial charge in [-0.1, -0.05) is 36.4 Å².